The van der Waals surface area contributed by atoms with Crippen molar-refractivity contribution in [3.8, 4) is 0 Å². The molecule has 0 aliphatic carbocycles. The Morgan fingerprint density at radius 1 is 0.872 bits per heavy atom. The SMILES string of the molecule is CN[C@@H]1CN(CC2=C(C(=O)O)N3C(=O)C([C@@H](C)O)C3[C@H]2C)CC1C[C@@H](O)C1C(=O)N2C(C(=O)O)=C(CN3CC[C@H](N(C)C)C3)[C@H](C)C12. The molecule has 6 heterocycles. The van der Waals surface area contributed by atoms with E-state index in [9.17, 15) is 39.6 Å². The highest BCUT2D eigenvalue weighted by atomic mass is 16.4. The van der Waals surface area contributed by atoms with E-state index in [4.69, 9.17) is 0 Å². The largest absolute Gasteiger partial charge is 0.477 e. The molecule has 0 spiro atoms. The molecule has 260 valence electrons. The lowest BCUT2D eigenvalue weighted by Crippen LogP contribution is -2.64. The average molecular weight is 659 g/mol. The highest BCUT2D eigenvalue weighted by molar-refractivity contribution is 6.01. The van der Waals surface area contributed by atoms with Gasteiger partial charge in [0.25, 0.3) is 0 Å². The van der Waals surface area contributed by atoms with Crippen LogP contribution in [0.5, 0.6) is 0 Å². The fourth-order valence-electron chi connectivity index (χ4n) is 9.58. The molecule has 6 aliphatic rings. The summed E-state index contributed by atoms with van der Waals surface area (Å²) in [4.78, 5) is 60.3. The summed E-state index contributed by atoms with van der Waals surface area (Å²) in [5.41, 5.74) is 1.49. The van der Waals surface area contributed by atoms with Crippen LogP contribution < -0.4 is 5.32 Å². The smallest absolute Gasteiger partial charge is 0.352 e. The molecule has 4 fully saturated rings. The number of aliphatic carboxylic acids is 2. The number of nitrogens with zero attached hydrogens (tertiary/aromatic N) is 5. The minimum Gasteiger partial charge on any atom is -0.477 e. The van der Waals surface area contributed by atoms with Gasteiger partial charge in [0, 0.05) is 63.2 Å². The fraction of sp³-hybridized carbons (Fsp3) is 0.758. The molecule has 14 nitrogen and oxygen atoms in total. The predicted molar refractivity (Wildman–Crippen MR) is 170 cm³/mol. The summed E-state index contributed by atoms with van der Waals surface area (Å²) in [7, 11) is 5.93. The van der Waals surface area contributed by atoms with E-state index >= 15 is 0 Å². The van der Waals surface area contributed by atoms with Crippen LogP contribution >= 0.6 is 0 Å². The highest BCUT2D eigenvalue weighted by Gasteiger charge is 2.62. The number of rotatable bonds is 12. The van der Waals surface area contributed by atoms with Gasteiger partial charge in [0.2, 0.25) is 11.8 Å². The molecule has 6 rings (SSSR count). The summed E-state index contributed by atoms with van der Waals surface area (Å²) in [5, 5.41) is 45.3. The monoisotopic (exact) mass is 658 g/mol. The van der Waals surface area contributed by atoms with Crippen LogP contribution in [0.1, 0.15) is 33.6 Å². The van der Waals surface area contributed by atoms with E-state index in [1.807, 2.05) is 35.0 Å². The third-order valence-electron chi connectivity index (χ3n) is 12.1. The number of carboxylic acids is 2. The van der Waals surface area contributed by atoms with Crippen molar-refractivity contribution in [3.63, 3.8) is 0 Å². The van der Waals surface area contributed by atoms with E-state index in [1.54, 1.807) is 6.92 Å². The molecule has 4 saturated heterocycles. The first-order valence-electron chi connectivity index (χ1n) is 16.9. The number of aliphatic hydroxyl groups is 2. The standard InChI is InChI=1S/C33H50N6O8/c1-15-21(29(33(46)47)38-26(15)24(17(3)40)30(38)42)13-37-10-18(22(14-37)34-4)9-23(41)25-27-16(2)20(28(32(44)45)39(27)31(25)43)12-36-8-7-19(11-36)35(5)6/h15-19,22-27,34,40-41H,7-14H2,1-6H3,(H,44,45)(H,46,47)/t15-,16-,17+,18?,19-,22+,23+,24?,25?,26?,27?/m0/s1. The molecule has 0 aromatic heterocycles. The Labute approximate surface area is 275 Å². The van der Waals surface area contributed by atoms with Crippen LogP contribution in [-0.4, -0.2) is 165 Å². The van der Waals surface area contributed by atoms with Crippen LogP contribution in [0, 0.1) is 29.6 Å². The van der Waals surface area contributed by atoms with Gasteiger partial charge >= 0.3 is 11.9 Å². The summed E-state index contributed by atoms with van der Waals surface area (Å²) in [6.45, 7) is 9.12. The van der Waals surface area contributed by atoms with Crippen LogP contribution in [0.4, 0.5) is 0 Å². The number of β-lactam (4-membered cyclic amide) rings is 2. The van der Waals surface area contributed by atoms with E-state index in [0.29, 0.717) is 44.2 Å². The van der Waals surface area contributed by atoms with Gasteiger partial charge in [-0.1, -0.05) is 13.8 Å². The van der Waals surface area contributed by atoms with Gasteiger partial charge in [-0.25, -0.2) is 9.59 Å². The zero-order valence-corrected chi connectivity index (χ0v) is 28.2. The zero-order chi connectivity index (χ0) is 34.2. The van der Waals surface area contributed by atoms with Gasteiger partial charge < -0.3 is 40.4 Å². The first-order chi connectivity index (χ1) is 22.2. The van der Waals surface area contributed by atoms with E-state index in [1.165, 1.54) is 9.80 Å². The number of amides is 2. The Balaban J connectivity index is 1.12. The lowest BCUT2D eigenvalue weighted by molar-refractivity contribution is -0.164. The molecule has 47 heavy (non-hydrogen) atoms. The van der Waals surface area contributed by atoms with Crippen molar-refractivity contribution in [2.75, 3.05) is 60.4 Å². The summed E-state index contributed by atoms with van der Waals surface area (Å²) < 4.78 is 0. The number of carbonyl (C=O) groups excluding carboxylic acids is 2. The number of nitrogens with one attached hydrogen (secondary N) is 1. The normalized spacial score (nSPS) is 37.1. The maximum atomic E-state index is 13.5. The number of carbonyl (C=O) groups is 4. The van der Waals surface area contributed by atoms with E-state index in [-0.39, 0.29) is 53.0 Å². The van der Waals surface area contributed by atoms with E-state index in [2.05, 4.69) is 20.0 Å². The number of hydrogen-bond acceptors (Lipinski definition) is 10. The molecule has 2 amide bonds. The summed E-state index contributed by atoms with van der Waals surface area (Å²) in [5.74, 6) is -4.74. The zero-order valence-electron chi connectivity index (χ0n) is 28.2. The molecular weight excluding hydrogens is 608 g/mol. The lowest BCUT2D eigenvalue weighted by atomic mass is 9.75. The second-order valence-corrected chi connectivity index (χ2v) is 14.9. The Morgan fingerprint density at radius 2 is 1.40 bits per heavy atom. The van der Waals surface area contributed by atoms with Crippen LogP contribution in [0.25, 0.3) is 0 Å². The second-order valence-electron chi connectivity index (χ2n) is 14.9. The van der Waals surface area contributed by atoms with Gasteiger partial charge in [0.1, 0.15) is 11.4 Å². The minimum absolute atomic E-state index is 0.00738. The molecule has 14 heteroatoms. The number of likely N-dealkylation sites (N-methyl/N-ethyl adjacent to an activating group) is 2. The number of fused-ring (bicyclic) bond motifs is 2. The van der Waals surface area contributed by atoms with Crippen molar-refractivity contribution in [1.29, 1.82) is 0 Å². The molecule has 0 saturated carbocycles. The first-order valence-corrected chi connectivity index (χ1v) is 16.9. The highest BCUT2D eigenvalue weighted by Crippen LogP contribution is 2.49. The maximum Gasteiger partial charge on any atom is 0.352 e. The maximum absolute atomic E-state index is 13.5. The Bertz CT molecular complexity index is 1400. The van der Waals surface area contributed by atoms with Gasteiger partial charge in [0.05, 0.1) is 36.1 Å². The molecule has 0 aromatic rings. The van der Waals surface area contributed by atoms with Gasteiger partial charge in [-0.05, 0) is 58.0 Å². The summed E-state index contributed by atoms with van der Waals surface area (Å²) in [6.07, 6.45) is -0.491. The molecule has 6 aliphatic heterocycles. The third-order valence-corrected chi connectivity index (χ3v) is 12.1. The molecular formula is C33H50N6O8. The van der Waals surface area contributed by atoms with E-state index in [0.717, 1.165) is 25.1 Å². The Morgan fingerprint density at radius 3 is 1.89 bits per heavy atom. The molecule has 0 radical (unpaired) electrons. The third kappa shape index (κ3) is 5.41. The summed E-state index contributed by atoms with van der Waals surface area (Å²) >= 11 is 0. The summed E-state index contributed by atoms with van der Waals surface area (Å²) in [6, 6.07) is -0.392. The molecule has 0 aromatic carbocycles. The van der Waals surface area contributed by atoms with Crippen molar-refractivity contribution >= 4 is 23.8 Å². The van der Waals surface area contributed by atoms with Crippen LogP contribution in [0.3, 0.4) is 0 Å². The molecule has 0 bridgehead atoms. The Hall–Kier alpha value is -2.88. The van der Waals surface area contributed by atoms with E-state index < -0.39 is 42.0 Å². The average Bonchev–Trinajstić information content (AvgIpc) is 3.72. The predicted octanol–water partition coefficient (Wildman–Crippen LogP) is -1.10. The van der Waals surface area contributed by atoms with Crippen LogP contribution in [0.15, 0.2) is 22.5 Å². The van der Waals surface area contributed by atoms with Gasteiger partial charge in [-0.15, -0.1) is 0 Å². The molecule has 5 N–H and O–H groups in total. The lowest BCUT2D eigenvalue weighted by Gasteiger charge is -2.47. The van der Waals surface area contributed by atoms with Crippen LogP contribution in [-0.2, 0) is 19.2 Å². The van der Waals surface area contributed by atoms with Gasteiger partial charge in [-0.3, -0.25) is 19.4 Å². The second kappa shape index (κ2) is 12.5. The van der Waals surface area contributed by atoms with Crippen molar-refractivity contribution in [2.45, 2.75) is 70.0 Å². The quantitative estimate of drug-likeness (QED) is 0.160. The van der Waals surface area contributed by atoms with Crippen LogP contribution in [0.2, 0.25) is 0 Å². The van der Waals surface area contributed by atoms with Crippen molar-refractivity contribution < 1.29 is 39.6 Å². The van der Waals surface area contributed by atoms with Gasteiger partial charge in [-0.2, -0.15) is 0 Å². The molecule has 11 atom stereocenters. The number of aliphatic hydroxyl groups excluding tert-OH is 2. The first kappa shape index (κ1) is 34.0. The van der Waals surface area contributed by atoms with Crippen molar-refractivity contribution in [2.24, 2.45) is 29.6 Å². The van der Waals surface area contributed by atoms with Crippen molar-refractivity contribution in [1.82, 2.24) is 29.8 Å². The molecule has 5 unspecified atom stereocenters. The Kier molecular flexibility index (Phi) is 9.07. The van der Waals surface area contributed by atoms with Crippen molar-refractivity contribution in [3.05, 3.63) is 22.5 Å². The number of carboxylic acid groups (broad SMARTS) is 2. The number of hydrogen-bond donors (Lipinski definition) is 5. The topological polar surface area (TPSA) is 177 Å². The fourth-order valence-corrected chi connectivity index (χ4v) is 9.58. The van der Waals surface area contributed by atoms with Gasteiger partial charge in [0.15, 0.2) is 0 Å². The number of likely N-dealkylation sites (tertiary alicyclic amines) is 2. The minimum atomic E-state index is -1.15.